The zero-order valence-electron chi connectivity index (χ0n) is 19.7. The molecule has 0 unspecified atom stereocenters. The average molecular weight is 507 g/mol. The number of aromatic carboxylic acids is 1. The highest BCUT2D eigenvalue weighted by Crippen LogP contribution is 2.47. The third-order valence-corrected chi connectivity index (χ3v) is 6.76. The van der Waals surface area contributed by atoms with Gasteiger partial charge in [0, 0.05) is 47.9 Å². The monoisotopic (exact) mass is 507 g/mol. The van der Waals surface area contributed by atoms with Gasteiger partial charge in [-0.1, -0.05) is 24.3 Å². The number of fused-ring (bicyclic) bond motifs is 5. The number of carbonyl (C=O) groups is 1. The first-order valence-electron chi connectivity index (χ1n) is 11.9. The van der Waals surface area contributed by atoms with E-state index in [0.717, 1.165) is 22.5 Å². The molecule has 7 rings (SSSR count). The van der Waals surface area contributed by atoms with Gasteiger partial charge in [0.2, 0.25) is 5.43 Å². The lowest BCUT2D eigenvalue weighted by molar-refractivity contribution is 0.0695. The molecule has 0 amide bonds. The first-order valence-corrected chi connectivity index (χ1v) is 11.9. The molecule has 0 fully saturated rings. The fourth-order valence-electron chi connectivity index (χ4n) is 5.01. The van der Waals surface area contributed by atoms with Crippen LogP contribution < -0.4 is 15.5 Å². The summed E-state index contributed by atoms with van der Waals surface area (Å²) in [4.78, 5) is 29.3. The lowest BCUT2D eigenvalue weighted by Crippen LogP contribution is -2.21. The summed E-state index contributed by atoms with van der Waals surface area (Å²) in [5, 5.41) is 14.4. The number of rotatable bonds is 5. The van der Waals surface area contributed by atoms with Gasteiger partial charge in [0.05, 0.1) is 11.1 Å². The smallest absolute Gasteiger partial charge is 0.341 e. The fraction of sp³-hybridized carbons (Fsp3) is 0.0690. The average Bonchev–Trinajstić information content (AvgIpc) is 3.28. The number of anilines is 1. The number of ether oxygens (including phenoxy) is 1. The van der Waals surface area contributed by atoms with Gasteiger partial charge < -0.3 is 24.1 Å². The van der Waals surface area contributed by atoms with Crippen molar-refractivity contribution >= 4 is 44.5 Å². The minimum atomic E-state index is -1.40. The second-order valence-corrected chi connectivity index (χ2v) is 9.02. The van der Waals surface area contributed by atoms with Crippen LogP contribution in [-0.4, -0.2) is 27.2 Å². The molecule has 4 heterocycles. The predicted octanol–water partition coefficient (Wildman–Crippen LogP) is 5.88. The van der Waals surface area contributed by atoms with E-state index < -0.39 is 22.8 Å². The van der Waals surface area contributed by atoms with E-state index in [9.17, 15) is 14.7 Å². The Morgan fingerprint density at radius 1 is 1.03 bits per heavy atom. The van der Waals surface area contributed by atoms with Gasteiger partial charge in [-0.15, -0.1) is 0 Å². The molecule has 8 nitrogen and oxygen atoms in total. The van der Waals surface area contributed by atoms with Gasteiger partial charge in [-0.05, 0) is 30.3 Å². The van der Waals surface area contributed by atoms with Crippen LogP contribution in [0.2, 0.25) is 0 Å². The number of hydrogen-bond donors (Lipinski definition) is 2. The van der Waals surface area contributed by atoms with Crippen LogP contribution in [-0.2, 0) is 6.42 Å². The van der Waals surface area contributed by atoms with Crippen molar-refractivity contribution in [3.8, 4) is 17.2 Å². The van der Waals surface area contributed by atoms with Crippen LogP contribution in [0.3, 0.4) is 0 Å². The second-order valence-electron chi connectivity index (χ2n) is 9.02. The van der Waals surface area contributed by atoms with Crippen molar-refractivity contribution in [1.29, 1.82) is 0 Å². The summed E-state index contributed by atoms with van der Waals surface area (Å²) in [6.45, 7) is 0.353. The molecular formula is C29H18FN3O5. The summed E-state index contributed by atoms with van der Waals surface area (Å²) in [6, 6.07) is 17.7. The highest BCUT2D eigenvalue weighted by atomic mass is 19.1. The molecular weight excluding hydrogens is 489 g/mol. The molecule has 186 valence electrons. The number of hydrogen-bond acceptors (Lipinski definition) is 6. The summed E-state index contributed by atoms with van der Waals surface area (Å²) in [5.74, 6) is -1.65. The van der Waals surface area contributed by atoms with Crippen LogP contribution in [0.25, 0.3) is 38.5 Å². The Labute approximate surface area is 213 Å². The molecule has 0 spiro atoms. The summed E-state index contributed by atoms with van der Waals surface area (Å²) in [6.07, 6.45) is 3.47. The van der Waals surface area contributed by atoms with E-state index in [2.05, 4.69) is 10.3 Å². The highest BCUT2D eigenvalue weighted by Gasteiger charge is 2.29. The number of furan rings is 1. The van der Waals surface area contributed by atoms with Crippen LogP contribution >= 0.6 is 0 Å². The highest BCUT2D eigenvalue weighted by molar-refractivity contribution is 6.07. The maximum absolute atomic E-state index is 15.5. The minimum absolute atomic E-state index is 0.0763. The quantitative estimate of drug-likeness (QED) is 0.300. The number of halogens is 1. The SMILES string of the molecule is O=C(O)c1cn2c3c(c(NCCc4ccccn4)c(F)cc3c1=O)Oc1cc3c(cc1-2)oc1ccccc13. The molecule has 3 aromatic heterocycles. The van der Waals surface area contributed by atoms with Gasteiger partial charge >= 0.3 is 5.97 Å². The van der Waals surface area contributed by atoms with E-state index in [1.807, 2.05) is 42.5 Å². The van der Waals surface area contributed by atoms with Gasteiger partial charge in [-0.25, -0.2) is 9.18 Å². The molecule has 1 aliphatic rings. The second kappa shape index (κ2) is 8.17. The topological polar surface area (TPSA) is 107 Å². The zero-order chi connectivity index (χ0) is 26.0. The van der Waals surface area contributed by atoms with Crippen LogP contribution in [0.5, 0.6) is 11.5 Å². The molecule has 1 aliphatic heterocycles. The first kappa shape index (κ1) is 22.1. The van der Waals surface area contributed by atoms with Gasteiger partial charge in [-0.2, -0.15) is 0 Å². The number of para-hydroxylation sites is 1. The van der Waals surface area contributed by atoms with E-state index in [4.69, 9.17) is 9.15 Å². The molecule has 2 N–H and O–H groups in total. The number of benzene rings is 3. The molecule has 0 saturated heterocycles. The normalized spacial score (nSPS) is 12.0. The lowest BCUT2D eigenvalue weighted by atomic mass is 10.1. The third kappa shape index (κ3) is 3.25. The van der Waals surface area contributed by atoms with Crippen LogP contribution in [0.1, 0.15) is 16.1 Å². The van der Waals surface area contributed by atoms with E-state index in [1.165, 1.54) is 6.20 Å². The van der Waals surface area contributed by atoms with Crippen molar-refractivity contribution in [1.82, 2.24) is 9.55 Å². The number of pyridine rings is 2. The Kier molecular flexibility index (Phi) is 4.74. The largest absolute Gasteiger partial charge is 0.477 e. The van der Waals surface area contributed by atoms with Gasteiger partial charge in [-0.3, -0.25) is 9.78 Å². The number of nitrogens with one attached hydrogen (secondary N) is 1. The van der Waals surface area contributed by atoms with E-state index in [1.54, 1.807) is 22.9 Å². The number of aromatic nitrogens is 2. The Hall–Kier alpha value is -5.18. The summed E-state index contributed by atoms with van der Waals surface area (Å²) < 4.78 is 29.3. The minimum Gasteiger partial charge on any atom is -0.477 e. The van der Waals surface area contributed by atoms with Crippen molar-refractivity contribution < 1.29 is 23.4 Å². The third-order valence-electron chi connectivity index (χ3n) is 6.76. The van der Waals surface area contributed by atoms with Crippen molar-refractivity contribution in [3.63, 3.8) is 0 Å². The molecule has 0 atom stereocenters. The molecule has 0 aliphatic carbocycles. The Bertz CT molecular complexity index is 2000. The fourth-order valence-corrected chi connectivity index (χ4v) is 5.01. The molecule has 3 aromatic carbocycles. The van der Waals surface area contributed by atoms with Crippen LogP contribution in [0.4, 0.5) is 10.1 Å². The van der Waals surface area contributed by atoms with Crippen molar-refractivity contribution in [2.75, 3.05) is 11.9 Å². The molecule has 0 radical (unpaired) electrons. The Balaban J connectivity index is 1.45. The predicted molar refractivity (Wildman–Crippen MR) is 140 cm³/mol. The van der Waals surface area contributed by atoms with Gasteiger partial charge in [0.1, 0.15) is 27.9 Å². The van der Waals surface area contributed by atoms with E-state index in [-0.39, 0.29) is 22.3 Å². The van der Waals surface area contributed by atoms with Crippen molar-refractivity contribution in [3.05, 3.63) is 100 Å². The first-order chi connectivity index (χ1) is 18.5. The maximum Gasteiger partial charge on any atom is 0.341 e. The maximum atomic E-state index is 15.5. The molecule has 0 saturated carbocycles. The number of carboxylic acid groups (broad SMARTS) is 1. The van der Waals surface area contributed by atoms with Crippen molar-refractivity contribution in [2.24, 2.45) is 0 Å². The molecule has 9 heteroatoms. The summed E-state index contributed by atoms with van der Waals surface area (Å²) in [7, 11) is 0. The number of carboxylic acids is 1. The van der Waals surface area contributed by atoms with E-state index in [0.29, 0.717) is 35.6 Å². The van der Waals surface area contributed by atoms with Crippen LogP contribution in [0, 0.1) is 5.82 Å². The Morgan fingerprint density at radius 3 is 2.68 bits per heavy atom. The number of nitrogens with zero attached hydrogens (tertiary/aromatic N) is 2. The molecule has 0 bridgehead atoms. The van der Waals surface area contributed by atoms with Gasteiger partial charge in [0.25, 0.3) is 0 Å². The lowest BCUT2D eigenvalue weighted by Gasteiger charge is -2.26. The molecule has 6 aromatic rings. The van der Waals surface area contributed by atoms with Crippen LogP contribution in [0.15, 0.2) is 82.3 Å². The standard InChI is InChI=1S/C29H18FN3O5/c30-20-11-18-26-28(25(20)32-10-8-15-5-3-4-9-31-15)38-24-12-17-16-6-1-2-7-22(16)37-23(17)13-21(24)33(26)14-19(27(18)34)29(35)36/h1-7,9,11-14,32H,8,10H2,(H,35,36). The molecule has 38 heavy (non-hydrogen) atoms. The van der Waals surface area contributed by atoms with Crippen molar-refractivity contribution in [2.45, 2.75) is 6.42 Å². The zero-order valence-corrected chi connectivity index (χ0v) is 19.7. The van der Waals surface area contributed by atoms with E-state index >= 15 is 4.39 Å². The summed E-state index contributed by atoms with van der Waals surface area (Å²) in [5.41, 5.74) is 1.63. The van der Waals surface area contributed by atoms with Gasteiger partial charge in [0.15, 0.2) is 17.3 Å². The Morgan fingerprint density at radius 2 is 1.87 bits per heavy atom. The summed E-state index contributed by atoms with van der Waals surface area (Å²) >= 11 is 0.